The van der Waals surface area contributed by atoms with E-state index >= 15 is 0 Å². The fourth-order valence-electron chi connectivity index (χ4n) is 8.44. The highest BCUT2D eigenvalue weighted by molar-refractivity contribution is 5.71. The molecule has 0 aliphatic carbocycles. The van der Waals surface area contributed by atoms with Gasteiger partial charge >= 0.3 is 17.9 Å². The van der Waals surface area contributed by atoms with Gasteiger partial charge in [0.05, 0.1) is 0 Å². The van der Waals surface area contributed by atoms with E-state index in [1.807, 2.05) is 0 Å². The molecule has 0 radical (unpaired) electrons. The van der Waals surface area contributed by atoms with Crippen LogP contribution in [0.1, 0.15) is 290 Å². The number of carbonyl (C=O) groups excluding carboxylic acids is 3. The zero-order valence-electron chi connectivity index (χ0n) is 47.9. The second kappa shape index (κ2) is 60.9. The van der Waals surface area contributed by atoms with Crippen molar-refractivity contribution in [1.29, 1.82) is 0 Å². The minimum atomic E-state index is -0.793. The van der Waals surface area contributed by atoms with Crippen LogP contribution in [0, 0.1) is 0 Å². The summed E-state index contributed by atoms with van der Waals surface area (Å²) in [7, 11) is 0. The van der Waals surface area contributed by atoms with Crippen molar-refractivity contribution in [2.75, 3.05) is 13.2 Å². The predicted octanol–water partition coefficient (Wildman–Crippen LogP) is 20.9. The van der Waals surface area contributed by atoms with Crippen molar-refractivity contribution in [2.24, 2.45) is 0 Å². The molecule has 0 N–H and O–H groups in total. The molecule has 0 amide bonds. The molecule has 6 nitrogen and oxygen atoms in total. The Bertz CT molecular complexity index is 1440. The average Bonchev–Trinajstić information content (AvgIpc) is 3.39. The van der Waals surface area contributed by atoms with E-state index in [0.717, 1.165) is 122 Å². The first-order valence-corrected chi connectivity index (χ1v) is 30.7. The molecule has 0 aromatic heterocycles. The molecule has 0 fully saturated rings. The Balaban J connectivity index is 4.43. The van der Waals surface area contributed by atoms with Crippen LogP contribution in [0.5, 0.6) is 0 Å². The maximum atomic E-state index is 12.9. The van der Waals surface area contributed by atoms with Crippen LogP contribution in [0.2, 0.25) is 0 Å². The van der Waals surface area contributed by atoms with Gasteiger partial charge in [-0.3, -0.25) is 14.4 Å². The summed E-state index contributed by atoms with van der Waals surface area (Å²) in [4.78, 5) is 38.3. The summed E-state index contributed by atoms with van der Waals surface area (Å²) in [5.74, 6) is -0.914. The highest BCUT2D eigenvalue weighted by atomic mass is 16.6. The van der Waals surface area contributed by atoms with Crippen LogP contribution in [0.4, 0.5) is 0 Å². The lowest BCUT2D eigenvalue weighted by atomic mass is 10.1. The number of allylic oxidation sites excluding steroid dienone is 16. The summed E-state index contributed by atoms with van der Waals surface area (Å²) in [5, 5.41) is 0. The van der Waals surface area contributed by atoms with E-state index in [0.29, 0.717) is 19.3 Å². The molecule has 6 heteroatoms. The quantitative estimate of drug-likeness (QED) is 0.0261. The van der Waals surface area contributed by atoms with Crippen LogP contribution >= 0.6 is 0 Å². The summed E-state index contributed by atoms with van der Waals surface area (Å²) in [6.45, 7) is 6.49. The molecule has 0 aromatic rings. The lowest BCUT2D eigenvalue weighted by Crippen LogP contribution is -2.30. The van der Waals surface area contributed by atoms with Crippen molar-refractivity contribution < 1.29 is 28.6 Å². The van der Waals surface area contributed by atoms with Gasteiger partial charge in [-0.15, -0.1) is 0 Å². The normalized spacial score (nSPS) is 12.8. The molecule has 0 aromatic carbocycles. The third kappa shape index (κ3) is 59.1. The fourth-order valence-corrected chi connectivity index (χ4v) is 8.44. The molecule has 0 bridgehead atoms. The Morgan fingerprint density at radius 2 is 0.534 bits per heavy atom. The van der Waals surface area contributed by atoms with Gasteiger partial charge < -0.3 is 14.2 Å². The van der Waals surface area contributed by atoms with E-state index in [2.05, 4.69) is 118 Å². The van der Waals surface area contributed by atoms with Crippen molar-refractivity contribution in [1.82, 2.24) is 0 Å². The summed E-state index contributed by atoms with van der Waals surface area (Å²) >= 11 is 0. The van der Waals surface area contributed by atoms with Gasteiger partial charge in [-0.1, -0.05) is 246 Å². The van der Waals surface area contributed by atoms with E-state index < -0.39 is 6.10 Å². The molecule has 0 saturated carbocycles. The second-order valence-corrected chi connectivity index (χ2v) is 20.2. The molecule has 73 heavy (non-hydrogen) atoms. The maximum Gasteiger partial charge on any atom is 0.306 e. The average molecular weight is 1020 g/mol. The number of hydrogen-bond acceptors (Lipinski definition) is 6. The first kappa shape index (κ1) is 69.3. The van der Waals surface area contributed by atoms with Crippen LogP contribution in [-0.2, 0) is 28.6 Å². The molecule has 0 heterocycles. The van der Waals surface area contributed by atoms with Crippen LogP contribution in [0.25, 0.3) is 0 Å². The first-order chi connectivity index (χ1) is 36.0. The monoisotopic (exact) mass is 1010 g/mol. The van der Waals surface area contributed by atoms with Gasteiger partial charge in [0.15, 0.2) is 6.10 Å². The number of rotatable bonds is 55. The van der Waals surface area contributed by atoms with E-state index in [-0.39, 0.29) is 31.1 Å². The van der Waals surface area contributed by atoms with E-state index in [1.165, 1.54) is 128 Å². The van der Waals surface area contributed by atoms with Crippen LogP contribution < -0.4 is 0 Å². The van der Waals surface area contributed by atoms with Crippen molar-refractivity contribution in [3.8, 4) is 0 Å². The third-order valence-corrected chi connectivity index (χ3v) is 13.0. The molecule has 1 atom stereocenters. The topological polar surface area (TPSA) is 78.9 Å². The molecule has 0 saturated heterocycles. The second-order valence-electron chi connectivity index (χ2n) is 20.2. The highest BCUT2D eigenvalue weighted by Gasteiger charge is 2.19. The minimum Gasteiger partial charge on any atom is -0.462 e. The number of unbranched alkanes of at least 4 members (excludes halogenated alkanes) is 28. The van der Waals surface area contributed by atoms with E-state index in [9.17, 15) is 14.4 Å². The van der Waals surface area contributed by atoms with Crippen molar-refractivity contribution in [3.63, 3.8) is 0 Å². The SMILES string of the molecule is CC/C=C\C/C=C\C/C=C\C/C=C\C/C=C\CCCCCCCC(=O)OCC(COC(=O)CCCCCCC/C=C\CCCCCCCC)OC(=O)CCCCCCCCCCC/C=C\C/C=C\CCCCC. The van der Waals surface area contributed by atoms with Crippen molar-refractivity contribution in [2.45, 2.75) is 297 Å². The molecule has 0 aliphatic rings. The lowest BCUT2D eigenvalue weighted by molar-refractivity contribution is -0.167. The van der Waals surface area contributed by atoms with Gasteiger partial charge in [0, 0.05) is 19.3 Å². The van der Waals surface area contributed by atoms with E-state index in [4.69, 9.17) is 14.2 Å². The lowest BCUT2D eigenvalue weighted by Gasteiger charge is -2.18. The zero-order valence-corrected chi connectivity index (χ0v) is 47.9. The van der Waals surface area contributed by atoms with Gasteiger partial charge in [-0.2, -0.15) is 0 Å². The van der Waals surface area contributed by atoms with Gasteiger partial charge in [-0.05, 0) is 122 Å². The number of carbonyl (C=O) groups is 3. The van der Waals surface area contributed by atoms with E-state index in [1.54, 1.807) is 0 Å². The fraction of sp³-hybridized carbons (Fsp3) is 0.716. The standard InChI is InChI=1S/C67H114O6/c1-4-7-10-13-16-19-22-25-28-30-32-33-35-36-39-42-45-48-51-54-57-60-66(69)72-63-64(62-71-65(68)59-56-53-50-47-44-41-38-27-24-21-18-15-12-9-6-3)73-67(70)61-58-55-52-49-46-43-40-37-34-31-29-26-23-20-17-14-11-8-5-2/h7,10,16-17,19-20,25-29,32-33,36,38-39,64H,4-6,8-9,11-15,18,21-24,30-31,34-35,37,40-63H2,1-3H3/b10-7-,19-16-,20-17-,28-25-,29-26-,33-32-,38-27-,39-36-. The molecule has 0 aliphatic heterocycles. The minimum absolute atomic E-state index is 0.0896. The molecule has 0 rings (SSSR count). The summed E-state index contributed by atoms with van der Waals surface area (Å²) in [6.07, 6.45) is 81.1. The Morgan fingerprint density at radius 1 is 0.288 bits per heavy atom. The zero-order chi connectivity index (χ0) is 52.9. The van der Waals surface area contributed by atoms with Gasteiger partial charge in [0.1, 0.15) is 13.2 Å². The molecular weight excluding hydrogens is 901 g/mol. The first-order valence-electron chi connectivity index (χ1n) is 30.7. The van der Waals surface area contributed by atoms with Gasteiger partial charge in [-0.25, -0.2) is 0 Å². The van der Waals surface area contributed by atoms with Crippen LogP contribution in [0.3, 0.4) is 0 Å². The maximum absolute atomic E-state index is 12.9. The summed E-state index contributed by atoms with van der Waals surface area (Å²) in [6, 6.07) is 0. The van der Waals surface area contributed by atoms with Crippen molar-refractivity contribution in [3.05, 3.63) is 97.2 Å². The highest BCUT2D eigenvalue weighted by Crippen LogP contribution is 2.15. The predicted molar refractivity (Wildman–Crippen MR) is 316 cm³/mol. The largest absolute Gasteiger partial charge is 0.462 e. The number of ether oxygens (including phenoxy) is 3. The number of hydrogen-bond donors (Lipinski definition) is 0. The smallest absolute Gasteiger partial charge is 0.306 e. The summed E-state index contributed by atoms with van der Waals surface area (Å²) < 4.78 is 16.9. The Hall–Kier alpha value is -3.67. The van der Waals surface area contributed by atoms with Gasteiger partial charge in [0.25, 0.3) is 0 Å². The Morgan fingerprint density at radius 3 is 0.877 bits per heavy atom. The van der Waals surface area contributed by atoms with Crippen molar-refractivity contribution >= 4 is 17.9 Å². The number of esters is 3. The Labute approximate surface area is 451 Å². The van der Waals surface area contributed by atoms with Gasteiger partial charge in [0.2, 0.25) is 0 Å². The molecule has 418 valence electrons. The Kier molecular flexibility index (Phi) is 57.8. The van der Waals surface area contributed by atoms with Crippen LogP contribution in [0.15, 0.2) is 97.2 Å². The van der Waals surface area contributed by atoms with Crippen LogP contribution in [-0.4, -0.2) is 37.2 Å². The summed E-state index contributed by atoms with van der Waals surface area (Å²) in [5.41, 5.74) is 0. The third-order valence-electron chi connectivity index (χ3n) is 13.0. The molecule has 0 spiro atoms. The molecule has 1 unspecified atom stereocenters. The molecular formula is C67H114O6.